The maximum atomic E-state index is 6.02. The molecular weight excluding hydrogens is 228 g/mol. The van der Waals surface area contributed by atoms with Crippen LogP contribution in [0, 0.1) is 0 Å². The highest BCUT2D eigenvalue weighted by molar-refractivity contribution is 7.12. The first kappa shape index (κ1) is 13.1. The van der Waals surface area contributed by atoms with E-state index < -0.39 is 0 Å². The number of hydrogen-bond acceptors (Lipinski definition) is 3. The Morgan fingerprint density at radius 3 is 2.65 bits per heavy atom. The lowest BCUT2D eigenvalue weighted by Crippen LogP contribution is -2.35. The van der Waals surface area contributed by atoms with Crippen LogP contribution in [0.1, 0.15) is 48.9 Å². The molecule has 1 aliphatic rings. The highest BCUT2D eigenvalue weighted by atomic mass is 32.1. The SMILES string of the molecule is CCCN(C1CC1)C(CN)c1ccc(CC)s1. The van der Waals surface area contributed by atoms with Crippen molar-refractivity contribution in [2.45, 2.75) is 51.6 Å². The highest BCUT2D eigenvalue weighted by Gasteiger charge is 2.33. The fourth-order valence-electron chi connectivity index (χ4n) is 2.44. The van der Waals surface area contributed by atoms with Crippen molar-refractivity contribution in [2.75, 3.05) is 13.1 Å². The number of rotatable bonds is 7. The molecule has 0 bridgehead atoms. The molecule has 0 amide bonds. The van der Waals surface area contributed by atoms with Crippen LogP contribution in [0.3, 0.4) is 0 Å². The Morgan fingerprint density at radius 2 is 2.18 bits per heavy atom. The van der Waals surface area contributed by atoms with Gasteiger partial charge in [-0.2, -0.15) is 0 Å². The fraction of sp³-hybridized carbons (Fsp3) is 0.714. The Bertz CT molecular complexity index is 344. The summed E-state index contributed by atoms with van der Waals surface area (Å²) in [5, 5.41) is 0. The molecule has 1 fully saturated rings. The van der Waals surface area contributed by atoms with E-state index in [0.717, 1.165) is 19.0 Å². The van der Waals surface area contributed by atoms with Crippen LogP contribution >= 0.6 is 11.3 Å². The fourth-order valence-corrected chi connectivity index (χ4v) is 3.52. The van der Waals surface area contributed by atoms with Crippen molar-refractivity contribution in [3.63, 3.8) is 0 Å². The van der Waals surface area contributed by atoms with E-state index in [1.807, 2.05) is 11.3 Å². The van der Waals surface area contributed by atoms with Crippen molar-refractivity contribution >= 4 is 11.3 Å². The average Bonchev–Trinajstić information content (AvgIpc) is 3.08. The summed E-state index contributed by atoms with van der Waals surface area (Å²) in [6.45, 7) is 6.42. The van der Waals surface area contributed by atoms with Gasteiger partial charge in [0.2, 0.25) is 0 Å². The number of nitrogens with zero attached hydrogens (tertiary/aromatic N) is 1. The van der Waals surface area contributed by atoms with E-state index in [2.05, 4.69) is 30.9 Å². The molecule has 1 heterocycles. The van der Waals surface area contributed by atoms with E-state index in [0.29, 0.717) is 6.04 Å². The van der Waals surface area contributed by atoms with E-state index in [9.17, 15) is 0 Å². The molecule has 0 aromatic carbocycles. The van der Waals surface area contributed by atoms with Gasteiger partial charge in [-0.05, 0) is 44.4 Å². The summed E-state index contributed by atoms with van der Waals surface area (Å²) in [4.78, 5) is 5.57. The third kappa shape index (κ3) is 3.09. The van der Waals surface area contributed by atoms with E-state index in [4.69, 9.17) is 5.73 Å². The summed E-state index contributed by atoms with van der Waals surface area (Å²) in [7, 11) is 0. The summed E-state index contributed by atoms with van der Waals surface area (Å²) in [5.41, 5.74) is 6.02. The first-order valence-corrected chi connectivity index (χ1v) is 7.66. The second-order valence-electron chi connectivity index (χ2n) is 4.88. The van der Waals surface area contributed by atoms with Gasteiger partial charge in [-0.1, -0.05) is 13.8 Å². The maximum Gasteiger partial charge on any atom is 0.0566 e. The number of thiophene rings is 1. The molecule has 1 atom stereocenters. The van der Waals surface area contributed by atoms with Crippen LogP contribution in [0.5, 0.6) is 0 Å². The summed E-state index contributed by atoms with van der Waals surface area (Å²) < 4.78 is 0. The van der Waals surface area contributed by atoms with Crippen molar-refractivity contribution in [1.29, 1.82) is 0 Å². The summed E-state index contributed by atoms with van der Waals surface area (Å²) in [5.74, 6) is 0. The van der Waals surface area contributed by atoms with Gasteiger partial charge >= 0.3 is 0 Å². The van der Waals surface area contributed by atoms with Gasteiger partial charge in [0.25, 0.3) is 0 Å². The standard InChI is InChI=1S/C14H24N2S/c1-3-9-16(11-5-6-11)13(10-15)14-8-7-12(4-2)17-14/h7-8,11,13H,3-6,9-10,15H2,1-2H3. The van der Waals surface area contributed by atoms with Crippen LogP contribution in [0.15, 0.2) is 12.1 Å². The molecule has 0 saturated heterocycles. The van der Waals surface area contributed by atoms with Crippen LogP contribution < -0.4 is 5.73 Å². The van der Waals surface area contributed by atoms with Crippen LogP contribution in [-0.2, 0) is 6.42 Å². The Balaban J connectivity index is 2.12. The summed E-state index contributed by atoms with van der Waals surface area (Å²) in [6.07, 6.45) is 5.09. The molecule has 17 heavy (non-hydrogen) atoms. The van der Waals surface area contributed by atoms with Crippen molar-refractivity contribution < 1.29 is 0 Å². The van der Waals surface area contributed by atoms with Crippen LogP contribution in [0.25, 0.3) is 0 Å². The van der Waals surface area contributed by atoms with Gasteiger partial charge in [-0.25, -0.2) is 0 Å². The molecular formula is C14H24N2S. The number of hydrogen-bond donors (Lipinski definition) is 1. The average molecular weight is 252 g/mol. The third-order valence-electron chi connectivity index (χ3n) is 3.48. The molecule has 0 spiro atoms. The monoisotopic (exact) mass is 252 g/mol. The second-order valence-corrected chi connectivity index (χ2v) is 6.08. The molecule has 0 aliphatic heterocycles. The molecule has 1 aliphatic carbocycles. The van der Waals surface area contributed by atoms with Crippen LogP contribution in [0.4, 0.5) is 0 Å². The normalized spacial score (nSPS) is 17.6. The summed E-state index contributed by atoms with van der Waals surface area (Å²) in [6, 6.07) is 5.80. The highest BCUT2D eigenvalue weighted by Crippen LogP contribution is 2.36. The first-order valence-electron chi connectivity index (χ1n) is 6.84. The molecule has 96 valence electrons. The Hall–Kier alpha value is -0.380. The van der Waals surface area contributed by atoms with Crippen LogP contribution in [-0.4, -0.2) is 24.0 Å². The molecule has 1 unspecified atom stereocenters. The second kappa shape index (κ2) is 5.98. The molecule has 3 heteroatoms. The van der Waals surface area contributed by atoms with Crippen molar-refractivity contribution in [3.8, 4) is 0 Å². The van der Waals surface area contributed by atoms with E-state index >= 15 is 0 Å². The molecule has 0 radical (unpaired) electrons. The molecule has 1 aromatic heterocycles. The van der Waals surface area contributed by atoms with Gasteiger partial charge in [0, 0.05) is 22.3 Å². The van der Waals surface area contributed by atoms with Crippen molar-refractivity contribution in [1.82, 2.24) is 4.90 Å². The zero-order valence-corrected chi connectivity index (χ0v) is 11.8. The largest absolute Gasteiger partial charge is 0.329 e. The van der Waals surface area contributed by atoms with Gasteiger partial charge in [-0.3, -0.25) is 4.90 Å². The van der Waals surface area contributed by atoms with Gasteiger partial charge in [0.1, 0.15) is 0 Å². The quantitative estimate of drug-likeness (QED) is 0.807. The lowest BCUT2D eigenvalue weighted by molar-refractivity contribution is 0.194. The molecule has 2 rings (SSSR count). The predicted molar refractivity (Wildman–Crippen MR) is 75.5 cm³/mol. The van der Waals surface area contributed by atoms with Gasteiger partial charge in [0.05, 0.1) is 6.04 Å². The Kier molecular flexibility index (Phi) is 4.60. The molecule has 2 N–H and O–H groups in total. The minimum atomic E-state index is 0.452. The topological polar surface area (TPSA) is 29.3 Å². The Morgan fingerprint density at radius 1 is 1.41 bits per heavy atom. The predicted octanol–water partition coefficient (Wildman–Crippen LogP) is 3.18. The molecule has 1 saturated carbocycles. The van der Waals surface area contributed by atoms with E-state index in [1.165, 1.54) is 35.6 Å². The van der Waals surface area contributed by atoms with E-state index in [1.54, 1.807) is 0 Å². The third-order valence-corrected chi connectivity index (χ3v) is 4.81. The minimum absolute atomic E-state index is 0.452. The molecule has 1 aromatic rings. The van der Waals surface area contributed by atoms with Gasteiger partial charge in [0.15, 0.2) is 0 Å². The lowest BCUT2D eigenvalue weighted by atomic mass is 10.2. The minimum Gasteiger partial charge on any atom is -0.329 e. The van der Waals surface area contributed by atoms with Crippen LogP contribution in [0.2, 0.25) is 0 Å². The van der Waals surface area contributed by atoms with Gasteiger partial charge < -0.3 is 5.73 Å². The molecule has 2 nitrogen and oxygen atoms in total. The smallest absolute Gasteiger partial charge is 0.0566 e. The zero-order valence-electron chi connectivity index (χ0n) is 11.0. The van der Waals surface area contributed by atoms with Crippen molar-refractivity contribution in [2.24, 2.45) is 5.73 Å². The first-order chi connectivity index (χ1) is 8.30. The Labute approximate surface area is 109 Å². The number of aryl methyl sites for hydroxylation is 1. The summed E-state index contributed by atoms with van der Waals surface area (Å²) >= 11 is 1.94. The lowest BCUT2D eigenvalue weighted by Gasteiger charge is -2.30. The van der Waals surface area contributed by atoms with Crippen molar-refractivity contribution in [3.05, 3.63) is 21.9 Å². The number of nitrogens with two attached hydrogens (primary N) is 1. The maximum absolute atomic E-state index is 6.02. The van der Waals surface area contributed by atoms with E-state index in [-0.39, 0.29) is 0 Å². The van der Waals surface area contributed by atoms with Gasteiger partial charge in [-0.15, -0.1) is 11.3 Å². The zero-order chi connectivity index (χ0) is 12.3.